The van der Waals surface area contributed by atoms with E-state index in [0.717, 1.165) is 12.8 Å². The zero-order valence-corrected chi connectivity index (χ0v) is 14.0. The van der Waals surface area contributed by atoms with Gasteiger partial charge in [0, 0.05) is 23.4 Å². The molecular weight excluding hydrogens is 344 g/mol. The van der Waals surface area contributed by atoms with Gasteiger partial charge in [0.2, 0.25) is 0 Å². The molecule has 1 saturated heterocycles. The molecule has 0 saturated carbocycles. The third kappa shape index (κ3) is 3.58. The molecule has 0 radical (unpaired) electrons. The van der Waals surface area contributed by atoms with Gasteiger partial charge in [-0.15, -0.1) is 0 Å². The number of ketones is 1. The molecule has 0 aliphatic carbocycles. The molecule has 1 aromatic carbocycles. The number of pyridine rings is 1. The lowest BCUT2D eigenvalue weighted by molar-refractivity contribution is 0.0955. The number of rotatable bonds is 4. The third-order valence-electron chi connectivity index (χ3n) is 4.10. The quantitative estimate of drug-likeness (QED) is 0.848. The fourth-order valence-corrected chi connectivity index (χ4v) is 3.00. The van der Waals surface area contributed by atoms with E-state index < -0.39 is 11.3 Å². The number of aromatic nitrogens is 1. The van der Waals surface area contributed by atoms with Crippen molar-refractivity contribution in [3.05, 3.63) is 62.5 Å². The van der Waals surface area contributed by atoms with Crippen molar-refractivity contribution in [2.75, 3.05) is 6.61 Å². The maximum atomic E-state index is 12.7. The first-order valence-corrected chi connectivity index (χ1v) is 8.17. The van der Waals surface area contributed by atoms with Crippen LogP contribution in [-0.2, 0) is 11.3 Å². The smallest absolute Gasteiger partial charge is 0.268 e. The maximum absolute atomic E-state index is 12.7. The van der Waals surface area contributed by atoms with Gasteiger partial charge in [-0.3, -0.25) is 9.59 Å². The molecule has 3 rings (SSSR count). The van der Waals surface area contributed by atoms with Crippen molar-refractivity contribution in [3.63, 3.8) is 0 Å². The Kier molecular flexibility index (Phi) is 4.88. The fourth-order valence-electron chi connectivity index (χ4n) is 2.83. The van der Waals surface area contributed by atoms with Crippen LogP contribution in [0, 0.1) is 11.3 Å². The molecule has 1 aliphatic rings. The summed E-state index contributed by atoms with van der Waals surface area (Å²) in [5.74, 6) is -0.734. The highest BCUT2D eigenvalue weighted by molar-refractivity contribution is 6.31. The molecule has 6 nitrogen and oxygen atoms in total. The third-order valence-corrected chi connectivity index (χ3v) is 4.33. The minimum atomic E-state index is -0.516. The van der Waals surface area contributed by atoms with Gasteiger partial charge in [-0.1, -0.05) is 11.6 Å². The van der Waals surface area contributed by atoms with E-state index >= 15 is 0 Å². The second kappa shape index (κ2) is 7.09. The van der Waals surface area contributed by atoms with Gasteiger partial charge >= 0.3 is 0 Å². The summed E-state index contributed by atoms with van der Waals surface area (Å²) in [5.41, 5.74) is -0.458. The van der Waals surface area contributed by atoms with Crippen LogP contribution in [0.4, 0.5) is 0 Å². The molecule has 1 N–H and O–H groups in total. The minimum absolute atomic E-state index is 0.0127. The summed E-state index contributed by atoms with van der Waals surface area (Å²) in [6.45, 7) is 0.912. The van der Waals surface area contributed by atoms with Gasteiger partial charge in [0.05, 0.1) is 18.2 Å². The lowest BCUT2D eigenvalue weighted by atomic mass is 10.0. The van der Waals surface area contributed by atoms with Crippen LogP contribution in [0.2, 0.25) is 5.02 Å². The molecule has 0 amide bonds. The Morgan fingerprint density at radius 2 is 2.24 bits per heavy atom. The Bertz CT molecular complexity index is 924. The van der Waals surface area contributed by atoms with Crippen molar-refractivity contribution in [3.8, 4) is 11.8 Å². The van der Waals surface area contributed by atoms with Crippen LogP contribution in [0.5, 0.6) is 5.75 Å². The minimum Gasteiger partial charge on any atom is -0.507 e. The summed E-state index contributed by atoms with van der Waals surface area (Å²) < 4.78 is 6.84. The van der Waals surface area contributed by atoms with Gasteiger partial charge in [-0.25, -0.2) is 0 Å². The lowest BCUT2D eigenvalue weighted by Gasteiger charge is -2.13. The van der Waals surface area contributed by atoms with Crippen molar-refractivity contribution in [2.24, 2.45) is 0 Å². The van der Waals surface area contributed by atoms with Crippen molar-refractivity contribution in [2.45, 2.75) is 25.5 Å². The largest absolute Gasteiger partial charge is 0.507 e. The Balaban J connectivity index is 2.03. The number of carbonyl (C=O) groups is 1. The summed E-state index contributed by atoms with van der Waals surface area (Å²) in [7, 11) is 0. The zero-order valence-electron chi connectivity index (χ0n) is 13.2. The molecule has 1 aromatic heterocycles. The summed E-state index contributed by atoms with van der Waals surface area (Å²) in [5, 5.41) is 19.4. The van der Waals surface area contributed by atoms with Crippen LogP contribution >= 0.6 is 11.6 Å². The Morgan fingerprint density at radius 1 is 1.44 bits per heavy atom. The van der Waals surface area contributed by atoms with E-state index in [9.17, 15) is 20.0 Å². The number of halogens is 1. The normalized spacial score (nSPS) is 16.6. The van der Waals surface area contributed by atoms with Crippen LogP contribution in [0.15, 0.2) is 35.3 Å². The van der Waals surface area contributed by atoms with E-state index in [1.165, 1.54) is 35.0 Å². The molecule has 2 heterocycles. The van der Waals surface area contributed by atoms with Gasteiger partial charge in [-0.2, -0.15) is 5.26 Å². The standard InChI is InChI=1S/C18H15ClN2O4/c19-13-3-4-16(22)15(7-13)17(23)12-6-11(8-20)18(24)21(9-12)10-14-2-1-5-25-14/h3-4,6-7,9,14,22H,1-2,5,10H2/t14-/m0/s1. The molecule has 2 aromatic rings. The van der Waals surface area contributed by atoms with Crippen molar-refractivity contribution in [1.29, 1.82) is 5.26 Å². The number of benzene rings is 1. The number of phenolic OH excluding ortho intramolecular Hbond substituents is 1. The van der Waals surface area contributed by atoms with Crippen LogP contribution in [0.25, 0.3) is 0 Å². The van der Waals surface area contributed by atoms with Gasteiger partial charge in [0.1, 0.15) is 17.4 Å². The highest BCUT2D eigenvalue weighted by Crippen LogP contribution is 2.24. The van der Waals surface area contributed by atoms with Crippen LogP contribution in [0.1, 0.15) is 34.3 Å². The Labute approximate surface area is 148 Å². The first kappa shape index (κ1) is 17.2. The second-order valence-corrected chi connectivity index (χ2v) is 6.27. The van der Waals surface area contributed by atoms with Crippen LogP contribution in [0.3, 0.4) is 0 Å². The molecule has 0 spiro atoms. The number of hydrogen-bond donors (Lipinski definition) is 1. The molecule has 25 heavy (non-hydrogen) atoms. The Morgan fingerprint density at radius 3 is 2.92 bits per heavy atom. The van der Waals surface area contributed by atoms with Crippen molar-refractivity contribution >= 4 is 17.4 Å². The summed E-state index contributed by atoms with van der Waals surface area (Å²) in [4.78, 5) is 25.0. The van der Waals surface area contributed by atoms with Crippen molar-refractivity contribution < 1.29 is 14.6 Å². The molecular formula is C18H15ClN2O4. The number of ether oxygens (including phenoxy) is 1. The summed E-state index contributed by atoms with van der Waals surface area (Å²) in [6.07, 6.45) is 3.02. The summed E-state index contributed by atoms with van der Waals surface area (Å²) >= 11 is 5.89. The van der Waals surface area contributed by atoms with Crippen molar-refractivity contribution in [1.82, 2.24) is 4.57 Å². The average molecular weight is 359 g/mol. The maximum Gasteiger partial charge on any atom is 0.268 e. The molecule has 1 atom stereocenters. The first-order chi connectivity index (χ1) is 12.0. The van der Waals surface area contributed by atoms with Crippen LogP contribution < -0.4 is 5.56 Å². The van der Waals surface area contributed by atoms with Gasteiger partial charge in [0.15, 0.2) is 5.78 Å². The molecule has 128 valence electrons. The highest BCUT2D eigenvalue weighted by atomic mass is 35.5. The van der Waals surface area contributed by atoms with E-state index in [-0.39, 0.29) is 35.1 Å². The molecule has 1 aliphatic heterocycles. The fraction of sp³-hybridized carbons (Fsp3) is 0.278. The van der Waals surface area contributed by atoms with Crippen LogP contribution in [-0.4, -0.2) is 28.2 Å². The number of nitrogens with zero attached hydrogens (tertiary/aromatic N) is 2. The zero-order chi connectivity index (χ0) is 18.0. The number of phenols is 1. The van der Waals surface area contributed by atoms with Gasteiger partial charge < -0.3 is 14.4 Å². The lowest BCUT2D eigenvalue weighted by Crippen LogP contribution is -2.28. The molecule has 0 bridgehead atoms. The number of carbonyl (C=O) groups excluding carboxylic acids is 1. The summed E-state index contributed by atoms with van der Waals surface area (Å²) in [6, 6.07) is 7.19. The molecule has 1 fully saturated rings. The predicted molar refractivity (Wildman–Crippen MR) is 90.9 cm³/mol. The van der Waals surface area contributed by atoms with Gasteiger partial charge in [-0.05, 0) is 37.1 Å². The van der Waals surface area contributed by atoms with E-state index in [0.29, 0.717) is 11.6 Å². The second-order valence-electron chi connectivity index (χ2n) is 5.84. The first-order valence-electron chi connectivity index (χ1n) is 7.79. The van der Waals surface area contributed by atoms with E-state index in [1.807, 2.05) is 6.07 Å². The number of hydrogen-bond acceptors (Lipinski definition) is 5. The SMILES string of the molecule is N#Cc1cc(C(=O)c2cc(Cl)ccc2O)cn(C[C@@H]2CCCO2)c1=O. The predicted octanol–water partition coefficient (Wildman–Crippen LogP) is 2.49. The Hall–Kier alpha value is -2.62. The number of nitriles is 1. The van der Waals surface area contributed by atoms with E-state index in [2.05, 4.69) is 0 Å². The monoisotopic (exact) mass is 358 g/mol. The highest BCUT2D eigenvalue weighted by Gasteiger charge is 2.21. The molecule has 0 unspecified atom stereocenters. The average Bonchev–Trinajstić information content (AvgIpc) is 3.11. The molecule has 7 heteroatoms. The van der Waals surface area contributed by atoms with E-state index in [1.54, 1.807) is 0 Å². The topological polar surface area (TPSA) is 92.3 Å². The van der Waals surface area contributed by atoms with E-state index in [4.69, 9.17) is 16.3 Å². The van der Waals surface area contributed by atoms with Gasteiger partial charge in [0.25, 0.3) is 5.56 Å². The number of aromatic hydroxyl groups is 1.